The zero-order valence-electron chi connectivity index (χ0n) is 28.5. The summed E-state index contributed by atoms with van der Waals surface area (Å²) in [6.45, 7) is 0.0293. The van der Waals surface area contributed by atoms with Gasteiger partial charge in [-0.15, -0.1) is 0 Å². The highest BCUT2D eigenvalue weighted by molar-refractivity contribution is 6.92. The van der Waals surface area contributed by atoms with E-state index in [1.807, 2.05) is 0 Å². The molecule has 0 fully saturated rings. The van der Waals surface area contributed by atoms with Crippen LogP contribution >= 0.6 is 0 Å². The molecule has 0 radical (unpaired) electrons. The molecule has 0 aliphatic carbocycles. The van der Waals surface area contributed by atoms with Crippen molar-refractivity contribution in [2.75, 3.05) is 4.81 Å². The van der Waals surface area contributed by atoms with E-state index in [0.29, 0.717) is 0 Å². The number of hydrogen-bond donors (Lipinski definition) is 0. The summed E-state index contributed by atoms with van der Waals surface area (Å²) in [5.41, 5.74) is 17.7. The summed E-state index contributed by atoms with van der Waals surface area (Å²) in [5.74, 6) is 0. The second-order valence-electron chi connectivity index (χ2n) is 14.0. The maximum Gasteiger partial charge on any atom is 0.329 e. The van der Waals surface area contributed by atoms with E-state index in [-0.39, 0.29) is 6.85 Å². The van der Waals surface area contributed by atoms with Gasteiger partial charge in [0, 0.05) is 22.5 Å². The van der Waals surface area contributed by atoms with Crippen molar-refractivity contribution in [2.24, 2.45) is 0 Å². The molecule has 0 spiro atoms. The highest BCUT2D eigenvalue weighted by Crippen LogP contribution is 2.48. The van der Waals surface area contributed by atoms with E-state index in [4.69, 9.17) is 0 Å². The van der Waals surface area contributed by atoms with Gasteiger partial charge < -0.3 is 4.81 Å². The Balaban J connectivity index is 1.17. The smallest absolute Gasteiger partial charge is 0.329 e. The van der Waals surface area contributed by atoms with Crippen molar-refractivity contribution in [3.05, 3.63) is 194 Å². The zero-order chi connectivity index (χ0) is 34.2. The van der Waals surface area contributed by atoms with Gasteiger partial charge in [0.05, 0.1) is 0 Å². The summed E-state index contributed by atoms with van der Waals surface area (Å²) in [4.78, 5) is 2.61. The minimum absolute atomic E-state index is 0.0293. The van der Waals surface area contributed by atoms with Crippen molar-refractivity contribution in [3.8, 4) is 55.6 Å². The average Bonchev–Trinajstić information content (AvgIpc) is 3.23. The Morgan fingerprint density at radius 3 is 1.44 bits per heavy atom. The van der Waals surface area contributed by atoms with Crippen molar-refractivity contribution < 1.29 is 0 Å². The Bertz CT molecular complexity index is 2860. The molecule has 0 amide bonds. The van der Waals surface area contributed by atoms with Gasteiger partial charge >= 0.3 is 6.85 Å². The van der Waals surface area contributed by atoms with Gasteiger partial charge in [-0.2, -0.15) is 0 Å². The second-order valence-corrected chi connectivity index (χ2v) is 14.0. The SMILES string of the molecule is c1ccc(-c2ccc3c(c2)B2c4ccccc4-c4cc(-c5cccc6ccccc56)ccc4N2c2ccc(-c4cccc5ccccc45)cc2-3)cc1. The molecule has 0 saturated carbocycles. The molecule has 9 aromatic carbocycles. The van der Waals surface area contributed by atoms with Crippen molar-refractivity contribution in [3.63, 3.8) is 0 Å². The van der Waals surface area contributed by atoms with Crippen LogP contribution in [0.3, 0.4) is 0 Å². The molecule has 0 bridgehead atoms. The normalized spacial score (nSPS) is 12.5. The molecule has 2 aliphatic heterocycles. The molecule has 0 aromatic heterocycles. The Morgan fingerprint density at radius 1 is 0.288 bits per heavy atom. The minimum atomic E-state index is 0.0293. The number of benzene rings is 9. The summed E-state index contributed by atoms with van der Waals surface area (Å²) in [7, 11) is 0. The molecule has 0 atom stereocenters. The van der Waals surface area contributed by atoms with Gasteiger partial charge in [-0.1, -0.05) is 170 Å². The fraction of sp³-hybridized carbons (Fsp3) is 0. The molecule has 0 N–H and O–H groups in total. The average molecular weight is 658 g/mol. The van der Waals surface area contributed by atoms with Gasteiger partial charge in [-0.3, -0.25) is 0 Å². The maximum atomic E-state index is 2.61. The Kier molecular flexibility index (Phi) is 6.41. The fourth-order valence-electron chi connectivity index (χ4n) is 8.89. The van der Waals surface area contributed by atoms with E-state index < -0.39 is 0 Å². The maximum absolute atomic E-state index is 2.61. The first-order valence-electron chi connectivity index (χ1n) is 18.1. The number of nitrogens with zero attached hydrogens (tertiary/aromatic N) is 1. The van der Waals surface area contributed by atoms with Crippen molar-refractivity contribution >= 4 is 50.7 Å². The molecule has 2 heteroatoms. The Hall–Kier alpha value is -6.64. The van der Waals surface area contributed by atoms with Crippen LogP contribution in [-0.2, 0) is 0 Å². The molecule has 11 rings (SSSR count). The summed E-state index contributed by atoms with van der Waals surface area (Å²) in [6, 6.07) is 71.9. The standard InChI is InChI=1S/C50H32BN/c1-2-12-33(13-3-1)36-24-27-44-46-31-38(42-22-11-17-35-15-5-7-19-40(35)42)26-29-50(46)52-49-28-25-37(41-21-10-16-34-14-4-6-18-39(34)41)30-45(49)43-20-8-9-23-47(43)51(52)48(44)32-36/h1-32H. The third kappa shape index (κ3) is 4.38. The van der Waals surface area contributed by atoms with Crippen LogP contribution in [0.5, 0.6) is 0 Å². The third-order valence-corrected chi connectivity index (χ3v) is 11.3. The first-order valence-corrected chi connectivity index (χ1v) is 18.1. The van der Waals surface area contributed by atoms with Gasteiger partial charge in [-0.05, 0) is 101 Å². The molecule has 0 unspecified atom stereocenters. The van der Waals surface area contributed by atoms with E-state index in [2.05, 4.69) is 199 Å². The lowest BCUT2D eigenvalue weighted by Crippen LogP contribution is -2.59. The second kappa shape index (κ2) is 11.4. The largest absolute Gasteiger partial charge is 0.376 e. The third-order valence-electron chi connectivity index (χ3n) is 11.3. The van der Waals surface area contributed by atoms with Gasteiger partial charge in [0.25, 0.3) is 0 Å². The molecule has 52 heavy (non-hydrogen) atoms. The Morgan fingerprint density at radius 2 is 0.788 bits per heavy atom. The van der Waals surface area contributed by atoms with Gasteiger partial charge in [0.15, 0.2) is 0 Å². The van der Waals surface area contributed by atoms with E-state index >= 15 is 0 Å². The van der Waals surface area contributed by atoms with Crippen LogP contribution in [0.1, 0.15) is 0 Å². The summed E-state index contributed by atoms with van der Waals surface area (Å²) < 4.78 is 0. The van der Waals surface area contributed by atoms with E-state index in [0.717, 1.165) is 0 Å². The van der Waals surface area contributed by atoms with Crippen LogP contribution < -0.4 is 15.7 Å². The molecule has 2 heterocycles. The fourth-order valence-corrected chi connectivity index (χ4v) is 8.89. The van der Waals surface area contributed by atoms with Crippen LogP contribution in [0, 0.1) is 0 Å². The molecule has 1 nitrogen and oxygen atoms in total. The van der Waals surface area contributed by atoms with Crippen LogP contribution in [0.2, 0.25) is 0 Å². The number of fused-ring (bicyclic) bond motifs is 13. The van der Waals surface area contributed by atoms with E-state index in [9.17, 15) is 0 Å². The van der Waals surface area contributed by atoms with Gasteiger partial charge in [0.1, 0.15) is 0 Å². The van der Waals surface area contributed by atoms with Crippen molar-refractivity contribution in [1.82, 2.24) is 0 Å². The monoisotopic (exact) mass is 657 g/mol. The minimum Gasteiger partial charge on any atom is -0.376 e. The Labute approximate surface area is 304 Å². The van der Waals surface area contributed by atoms with E-state index in [1.54, 1.807) is 0 Å². The number of hydrogen-bond acceptors (Lipinski definition) is 1. The first kappa shape index (κ1) is 29.1. The topological polar surface area (TPSA) is 3.24 Å². The van der Waals surface area contributed by atoms with Crippen LogP contribution in [-0.4, -0.2) is 6.85 Å². The number of anilines is 2. The highest BCUT2D eigenvalue weighted by atomic mass is 15.1. The first-order chi connectivity index (χ1) is 25.8. The predicted molar refractivity (Wildman–Crippen MR) is 222 cm³/mol. The molecular weight excluding hydrogens is 625 g/mol. The molecular formula is C50H32BN. The van der Waals surface area contributed by atoms with Crippen LogP contribution in [0.25, 0.3) is 77.2 Å². The lowest BCUT2D eigenvalue weighted by molar-refractivity contribution is 1.35. The lowest BCUT2D eigenvalue weighted by Gasteiger charge is -2.43. The zero-order valence-corrected chi connectivity index (χ0v) is 28.5. The van der Waals surface area contributed by atoms with E-state index in [1.165, 1.54) is 99.5 Å². The molecule has 2 aliphatic rings. The quantitative estimate of drug-likeness (QED) is 0.171. The summed E-state index contributed by atoms with van der Waals surface area (Å²) >= 11 is 0. The van der Waals surface area contributed by atoms with Crippen molar-refractivity contribution in [2.45, 2.75) is 0 Å². The molecule has 0 saturated heterocycles. The number of rotatable bonds is 3. The summed E-state index contributed by atoms with van der Waals surface area (Å²) in [5, 5.41) is 5.07. The van der Waals surface area contributed by atoms with Crippen LogP contribution in [0.4, 0.5) is 11.4 Å². The summed E-state index contributed by atoms with van der Waals surface area (Å²) in [6.07, 6.45) is 0. The van der Waals surface area contributed by atoms with Gasteiger partial charge in [0.2, 0.25) is 0 Å². The van der Waals surface area contributed by atoms with Crippen LogP contribution in [0.15, 0.2) is 194 Å². The highest BCUT2D eigenvalue weighted by Gasteiger charge is 2.42. The lowest BCUT2D eigenvalue weighted by atomic mass is 9.43. The van der Waals surface area contributed by atoms with Gasteiger partial charge in [-0.25, -0.2) is 0 Å². The van der Waals surface area contributed by atoms with Crippen molar-refractivity contribution in [1.29, 1.82) is 0 Å². The molecule has 240 valence electrons. The predicted octanol–water partition coefficient (Wildman–Crippen LogP) is 11.9. The molecule has 9 aromatic rings.